The van der Waals surface area contributed by atoms with E-state index < -0.39 is 11.8 Å². The van der Waals surface area contributed by atoms with Crippen molar-refractivity contribution in [2.75, 3.05) is 7.11 Å². The fraction of sp³-hybridized carbons (Fsp3) is 0.333. The van der Waals surface area contributed by atoms with Gasteiger partial charge in [0.2, 0.25) is 0 Å². The third kappa shape index (κ3) is 1.10. The number of hydrogen-bond donors (Lipinski definition) is 1. The van der Waals surface area contributed by atoms with E-state index in [9.17, 15) is 9.59 Å². The lowest BCUT2D eigenvalue weighted by Crippen LogP contribution is -2.27. The first-order valence-corrected chi connectivity index (χ1v) is 2.95. The fourth-order valence-corrected chi connectivity index (χ4v) is 0.840. The van der Waals surface area contributed by atoms with Crippen molar-refractivity contribution in [1.29, 1.82) is 0 Å². The smallest absolute Gasteiger partial charge is 0.284 e. The standard InChI is InChI=1S/C6H7NO4/c1-11-7-5(9)2-4(3-8)6(7)10/h3,8H,2H2,1H3. The molecule has 0 atom stereocenters. The van der Waals surface area contributed by atoms with Crippen molar-refractivity contribution in [2.45, 2.75) is 6.42 Å². The highest BCUT2D eigenvalue weighted by Crippen LogP contribution is 2.17. The van der Waals surface area contributed by atoms with Gasteiger partial charge in [0.25, 0.3) is 11.8 Å². The van der Waals surface area contributed by atoms with Gasteiger partial charge < -0.3 is 5.11 Å². The van der Waals surface area contributed by atoms with Gasteiger partial charge in [0.05, 0.1) is 25.4 Å². The minimum atomic E-state index is -0.597. The van der Waals surface area contributed by atoms with Gasteiger partial charge in [0, 0.05) is 0 Å². The van der Waals surface area contributed by atoms with Gasteiger partial charge in [-0.05, 0) is 0 Å². The van der Waals surface area contributed by atoms with Crippen LogP contribution < -0.4 is 0 Å². The summed E-state index contributed by atoms with van der Waals surface area (Å²) >= 11 is 0. The van der Waals surface area contributed by atoms with E-state index in [0.29, 0.717) is 11.3 Å². The van der Waals surface area contributed by atoms with Crippen LogP contribution in [0.15, 0.2) is 11.8 Å². The SMILES string of the molecule is CON1C(=O)CC(=CO)C1=O. The van der Waals surface area contributed by atoms with Crippen LogP contribution in [0.25, 0.3) is 0 Å². The largest absolute Gasteiger partial charge is 0.515 e. The van der Waals surface area contributed by atoms with Crippen LogP contribution in [0.4, 0.5) is 0 Å². The van der Waals surface area contributed by atoms with Gasteiger partial charge in [-0.15, -0.1) is 5.06 Å². The highest BCUT2D eigenvalue weighted by atomic mass is 16.7. The number of rotatable bonds is 1. The van der Waals surface area contributed by atoms with E-state index in [-0.39, 0.29) is 12.0 Å². The number of imide groups is 1. The summed E-state index contributed by atoms with van der Waals surface area (Å²) in [6, 6.07) is 0. The van der Waals surface area contributed by atoms with E-state index in [0.717, 1.165) is 0 Å². The number of nitrogens with zero attached hydrogens (tertiary/aromatic N) is 1. The van der Waals surface area contributed by atoms with Gasteiger partial charge in [-0.3, -0.25) is 14.4 Å². The molecule has 0 aromatic carbocycles. The molecule has 1 rings (SSSR count). The molecule has 11 heavy (non-hydrogen) atoms. The molecule has 1 aliphatic heterocycles. The number of hydrogen-bond acceptors (Lipinski definition) is 4. The summed E-state index contributed by atoms with van der Waals surface area (Å²) in [4.78, 5) is 26.2. The zero-order chi connectivity index (χ0) is 8.43. The Morgan fingerprint density at radius 2 is 2.27 bits per heavy atom. The van der Waals surface area contributed by atoms with Gasteiger partial charge in [-0.1, -0.05) is 0 Å². The van der Waals surface area contributed by atoms with Crippen molar-refractivity contribution >= 4 is 11.8 Å². The normalized spacial score (nSPS) is 21.9. The van der Waals surface area contributed by atoms with Crippen LogP contribution in [0.1, 0.15) is 6.42 Å². The molecule has 0 aliphatic carbocycles. The third-order valence-electron chi connectivity index (χ3n) is 1.37. The lowest BCUT2D eigenvalue weighted by atomic mass is 10.2. The van der Waals surface area contributed by atoms with Gasteiger partial charge in [-0.2, -0.15) is 0 Å². The molecular weight excluding hydrogens is 150 g/mol. The molecule has 0 spiro atoms. The van der Waals surface area contributed by atoms with Crippen LogP contribution in [0.5, 0.6) is 0 Å². The number of hydroxylamine groups is 2. The maximum absolute atomic E-state index is 10.9. The average molecular weight is 157 g/mol. The van der Waals surface area contributed by atoms with Crippen molar-refractivity contribution in [3.05, 3.63) is 11.8 Å². The molecule has 1 heterocycles. The molecule has 1 saturated heterocycles. The summed E-state index contributed by atoms with van der Waals surface area (Å²) in [6.07, 6.45) is 0.530. The number of carbonyl (C=O) groups is 2. The Morgan fingerprint density at radius 1 is 1.64 bits per heavy atom. The van der Waals surface area contributed by atoms with Crippen LogP contribution >= 0.6 is 0 Å². The maximum atomic E-state index is 10.9. The Labute approximate surface area is 62.8 Å². The molecule has 0 bridgehead atoms. The Morgan fingerprint density at radius 3 is 2.55 bits per heavy atom. The predicted octanol–water partition coefficient (Wildman–Crippen LogP) is -0.251. The van der Waals surface area contributed by atoms with Crippen molar-refractivity contribution in [3.63, 3.8) is 0 Å². The Hall–Kier alpha value is -1.36. The zero-order valence-electron chi connectivity index (χ0n) is 5.90. The van der Waals surface area contributed by atoms with E-state index in [2.05, 4.69) is 4.84 Å². The van der Waals surface area contributed by atoms with E-state index in [1.165, 1.54) is 7.11 Å². The summed E-state index contributed by atoms with van der Waals surface area (Å²) < 4.78 is 0. The number of aliphatic hydroxyl groups excluding tert-OH is 1. The molecule has 0 radical (unpaired) electrons. The minimum Gasteiger partial charge on any atom is -0.515 e. The quantitative estimate of drug-likeness (QED) is 0.323. The zero-order valence-corrected chi connectivity index (χ0v) is 5.90. The van der Waals surface area contributed by atoms with Crippen molar-refractivity contribution < 1.29 is 19.5 Å². The Bertz CT molecular complexity index is 233. The van der Waals surface area contributed by atoms with Gasteiger partial charge >= 0.3 is 0 Å². The van der Waals surface area contributed by atoms with Gasteiger partial charge in [-0.25, -0.2) is 0 Å². The highest BCUT2D eigenvalue weighted by molar-refractivity contribution is 6.12. The monoisotopic (exact) mass is 157 g/mol. The van der Waals surface area contributed by atoms with Crippen LogP contribution in [-0.2, 0) is 14.4 Å². The lowest BCUT2D eigenvalue weighted by Gasteiger charge is -2.07. The molecular formula is C6H7NO4. The molecule has 0 aromatic rings. The predicted molar refractivity (Wildman–Crippen MR) is 34.2 cm³/mol. The Balaban J connectivity index is 2.88. The second-order valence-corrected chi connectivity index (χ2v) is 2.01. The second-order valence-electron chi connectivity index (χ2n) is 2.01. The lowest BCUT2D eigenvalue weighted by molar-refractivity contribution is -0.178. The van der Waals surface area contributed by atoms with E-state index in [4.69, 9.17) is 5.11 Å². The van der Waals surface area contributed by atoms with Crippen LogP contribution in [0.3, 0.4) is 0 Å². The van der Waals surface area contributed by atoms with Crippen LogP contribution in [0.2, 0.25) is 0 Å². The first kappa shape index (κ1) is 7.74. The molecule has 5 nitrogen and oxygen atoms in total. The van der Waals surface area contributed by atoms with Crippen LogP contribution in [-0.4, -0.2) is 29.1 Å². The fourth-order valence-electron chi connectivity index (χ4n) is 0.840. The molecule has 1 fully saturated rings. The molecule has 0 unspecified atom stereocenters. The second kappa shape index (κ2) is 2.71. The van der Waals surface area contributed by atoms with E-state index in [1.54, 1.807) is 0 Å². The third-order valence-corrected chi connectivity index (χ3v) is 1.37. The first-order chi connectivity index (χ1) is 5.20. The molecule has 2 amide bonds. The summed E-state index contributed by atoms with van der Waals surface area (Å²) in [5.74, 6) is -1.06. The summed E-state index contributed by atoms with van der Waals surface area (Å²) in [7, 11) is 1.22. The van der Waals surface area contributed by atoms with E-state index >= 15 is 0 Å². The number of amides is 2. The van der Waals surface area contributed by atoms with Crippen LogP contribution in [0, 0.1) is 0 Å². The first-order valence-electron chi connectivity index (χ1n) is 2.95. The molecule has 60 valence electrons. The maximum Gasteiger partial charge on any atom is 0.284 e. The summed E-state index contributed by atoms with van der Waals surface area (Å²) in [5.41, 5.74) is 0.0526. The minimum absolute atomic E-state index is 0.0526. The number of carbonyl (C=O) groups excluding carboxylic acids is 2. The molecule has 1 aliphatic rings. The average Bonchev–Trinajstić information content (AvgIpc) is 2.26. The van der Waals surface area contributed by atoms with Crippen molar-refractivity contribution in [2.24, 2.45) is 0 Å². The van der Waals surface area contributed by atoms with Gasteiger partial charge in [0.15, 0.2) is 0 Å². The molecule has 0 aromatic heterocycles. The van der Waals surface area contributed by atoms with E-state index in [1.807, 2.05) is 0 Å². The Kier molecular flexibility index (Phi) is 1.91. The number of aliphatic hydroxyl groups is 1. The molecule has 1 N–H and O–H groups in total. The topological polar surface area (TPSA) is 66.8 Å². The van der Waals surface area contributed by atoms with Gasteiger partial charge in [0.1, 0.15) is 0 Å². The summed E-state index contributed by atoms with van der Waals surface area (Å²) in [5, 5.41) is 9.06. The molecule has 5 heteroatoms. The molecule has 0 saturated carbocycles. The van der Waals surface area contributed by atoms with Crippen molar-refractivity contribution in [1.82, 2.24) is 5.06 Å². The van der Waals surface area contributed by atoms with Crippen molar-refractivity contribution in [3.8, 4) is 0 Å². The summed E-state index contributed by atoms with van der Waals surface area (Å²) in [6.45, 7) is 0. The highest BCUT2D eigenvalue weighted by Gasteiger charge is 2.34.